The molecule has 0 aliphatic heterocycles. The molecule has 1 aromatic rings. The van der Waals surface area contributed by atoms with Crippen LogP contribution in [0.2, 0.25) is 0 Å². The number of amides is 2. The lowest BCUT2D eigenvalue weighted by Gasteiger charge is -2.11. The Labute approximate surface area is 98.9 Å². The SMILES string of the molecule is CCOC(=O)Nc1ccc(NC=O)cc1OC. The molecular formula is C11H14N2O4. The van der Waals surface area contributed by atoms with Gasteiger partial charge in [-0.2, -0.15) is 0 Å². The third-order valence-electron chi connectivity index (χ3n) is 1.94. The number of rotatable bonds is 5. The maximum absolute atomic E-state index is 11.2. The van der Waals surface area contributed by atoms with Crippen LogP contribution in [0.25, 0.3) is 0 Å². The van der Waals surface area contributed by atoms with Crippen LogP contribution in [0.1, 0.15) is 6.92 Å². The molecular weight excluding hydrogens is 224 g/mol. The number of carbonyl (C=O) groups is 2. The minimum absolute atomic E-state index is 0.291. The summed E-state index contributed by atoms with van der Waals surface area (Å²) in [5, 5.41) is 5.01. The molecule has 17 heavy (non-hydrogen) atoms. The normalized spacial score (nSPS) is 9.29. The van der Waals surface area contributed by atoms with Crippen molar-refractivity contribution in [3.05, 3.63) is 18.2 Å². The Balaban J connectivity index is 2.84. The molecule has 0 aromatic heterocycles. The van der Waals surface area contributed by atoms with Gasteiger partial charge in [0, 0.05) is 11.8 Å². The molecule has 0 unspecified atom stereocenters. The molecule has 0 fully saturated rings. The summed E-state index contributed by atoms with van der Waals surface area (Å²) < 4.78 is 9.83. The fourth-order valence-electron chi connectivity index (χ4n) is 1.23. The molecule has 0 saturated carbocycles. The van der Waals surface area contributed by atoms with Gasteiger partial charge in [0.05, 0.1) is 19.4 Å². The van der Waals surface area contributed by atoms with Crippen LogP contribution in [-0.2, 0) is 9.53 Å². The summed E-state index contributed by atoms with van der Waals surface area (Å²) in [5.74, 6) is 0.435. The molecule has 0 heterocycles. The predicted octanol–water partition coefficient (Wildman–Crippen LogP) is 1.83. The molecule has 6 nitrogen and oxygen atoms in total. The minimum atomic E-state index is -0.554. The highest BCUT2D eigenvalue weighted by atomic mass is 16.5. The molecule has 1 rings (SSSR count). The van der Waals surface area contributed by atoms with Gasteiger partial charge in [-0.25, -0.2) is 4.79 Å². The van der Waals surface area contributed by atoms with Crippen molar-refractivity contribution in [2.75, 3.05) is 24.4 Å². The molecule has 0 aliphatic rings. The summed E-state index contributed by atoms with van der Waals surface area (Å²) in [4.78, 5) is 21.5. The van der Waals surface area contributed by atoms with Crippen LogP contribution < -0.4 is 15.4 Å². The summed E-state index contributed by atoms with van der Waals surface area (Å²) in [5.41, 5.74) is 1.05. The fourth-order valence-corrected chi connectivity index (χ4v) is 1.23. The van der Waals surface area contributed by atoms with Gasteiger partial charge in [-0.3, -0.25) is 10.1 Å². The monoisotopic (exact) mass is 238 g/mol. The Morgan fingerprint density at radius 2 is 2.24 bits per heavy atom. The molecule has 0 atom stereocenters. The molecule has 0 radical (unpaired) electrons. The maximum Gasteiger partial charge on any atom is 0.411 e. The fraction of sp³-hybridized carbons (Fsp3) is 0.273. The van der Waals surface area contributed by atoms with Gasteiger partial charge < -0.3 is 14.8 Å². The Bertz CT molecular complexity index is 406. The summed E-state index contributed by atoms with van der Waals surface area (Å²) in [6.07, 6.45) is 0.00892. The molecule has 6 heteroatoms. The van der Waals surface area contributed by atoms with Crippen molar-refractivity contribution in [1.29, 1.82) is 0 Å². The molecule has 0 spiro atoms. The molecule has 2 amide bonds. The van der Waals surface area contributed by atoms with Crippen molar-refractivity contribution in [1.82, 2.24) is 0 Å². The average molecular weight is 238 g/mol. The van der Waals surface area contributed by atoms with E-state index in [1.807, 2.05) is 0 Å². The first-order valence-electron chi connectivity index (χ1n) is 5.03. The molecule has 0 saturated heterocycles. The second-order valence-corrected chi connectivity index (χ2v) is 3.02. The molecule has 92 valence electrons. The van der Waals surface area contributed by atoms with Crippen molar-refractivity contribution >= 4 is 23.9 Å². The van der Waals surface area contributed by atoms with E-state index in [2.05, 4.69) is 10.6 Å². The zero-order valence-electron chi connectivity index (χ0n) is 9.65. The van der Waals surface area contributed by atoms with E-state index >= 15 is 0 Å². The number of hydrogen-bond acceptors (Lipinski definition) is 4. The summed E-state index contributed by atoms with van der Waals surface area (Å²) in [6, 6.07) is 4.84. The molecule has 1 aromatic carbocycles. The topological polar surface area (TPSA) is 76.7 Å². The number of methoxy groups -OCH3 is 1. The van der Waals surface area contributed by atoms with Crippen LogP contribution in [0, 0.1) is 0 Å². The van der Waals surface area contributed by atoms with Crippen LogP contribution >= 0.6 is 0 Å². The van der Waals surface area contributed by atoms with Gasteiger partial charge in [0.25, 0.3) is 0 Å². The summed E-state index contributed by atoms with van der Waals surface area (Å²) in [7, 11) is 1.47. The van der Waals surface area contributed by atoms with Gasteiger partial charge >= 0.3 is 6.09 Å². The highest BCUT2D eigenvalue weighted by Crippen LogP contribution is 2.27. The second-order valence-electron chi connectivity index (χ2n) is 3.02. The van der Waals surface area contributed by atoms with Gasteiger partial charge in [-0.1, -0.05) is 0 Å². The summed E-state index contributed by atoms with van der Waals surface area (Å²) >= 11 is 0. The molecule has 0 bridgehead atoms. The summed E-state index contributed by atoms with van der Waals surface area (Å²) in [6.45, 7) is 2.01. The van der Waals surface area contributed by atoms with Crippen LogP contribution in [0.3, 0.4) is 0 Å². The first kappa shape index (κ1) is 12.8. The average Bonchev–Trinajstić information content (AvgIpc) is 2.31. The van der Waals surface area contributed by atoms with Gasteiger partial charge in [-0.05, 0) is 19.1 Å². The number of hydrogen-bond donors (Lipinski definition) is 2. The quantitative estimate of drug-likeness (QED) is 0.767. The lowest BCUT2D eigenvalue weighted by Crippen LogP contribution is -2.14. The largest absolute Gasteiger partial charge is 0.494 e. The minimum Gasteiger partial charge on any atom is -0.494 e. The smallest absolute Gasteiger partial charge is 0.411 e. The van der Waals surface area contributed by atoms with Gasteiger partial charge in [0.15, 0.2) is 0 Å². The Kier molecular flexibility index (Phi) is 4.80. The van der Waals surface area contributed by atoms with E-state index < -0.39 is 6.09 Å². The zero-order chi connectivity index (χ0) is 12.7. The van der Waals surface area contributed by atoms with E-state index in [0.29, 0.717) is 30.1 Å². The lowest BCUT2D eigenvalue weighted by molar-refractivity contribution is -0.105. The van der Waals surface area contributed by atoms with Gasteiger partial charge in [0.1, 0.15) is 5.75 Å². The van der Waals surface area contributed by atoms with Crippen molar-refractivity contribution < 1.29 is 19.1 Å². The van der Waals surface area contributed by atoms with E-state index in [1.165, 1.54) is 7.11 Å². The van der Waals surface area contributed by atoms with E-state index in [-0.39, 0.29) is 0 Å². The third-order valence-corrected chi connectivity index (χ3v) is 1.94. The van der Waals surface area contributed by atoms with E-state index in [1.54, 1.807) is 25.1 Å². The highest BCUT2D eigenvalue weighted by Gasteiger charge is 2.08. The predicted molar refractivity (Wildman–Crippen MR) is 63.3 cm³/mol. The standard InChI is InChI=1S/C11H14N2O4/c1-3-17-11(15)13-9-5-4-8(12-7-14)6-10(9)16-2/h4-7H,3H2,1-2H3,(H,12,14)(H,13,15). The maximum atomic E-state index is 11.2. The van der Waals surface area contributed by atoms with Crippen LogP contribution in [0.5, 0.6) is 5.75 Å². The Morgan fingerprint density at radius 3 is 2.82 bits per heavy atom. The van der Waals surface area contributed by atoms with Crippen molar-refractivity contribution in [3.63, 3.8) is 0 Å². The van der Waals surface area contributed by atoms with Crippen LogP contribution in [-0.4, -0.2) is 26.2 Å². The Morgan fingerprint density at radius 1 is 1.47 bits per heavy atom. The van der Waals surface area contributed by atoms with Crippen LogP contribution in [0.4, 0.5) is 16.2 Å². The van der Waals surface area contributed by atoms with Gasteiger partial charge in [0.2, 0.25) is 6.41 Å². The molecule has 2 N–H and O–H groups in total. The van der Waals surface area contributed by atoms with Crippen LogP contribution in [0.15, 0.2) is 18.2 Å². The molecule has 0 aliphatic carbocycles. The highest BCUT2D eigenvalue weighted by molar-refractivity contribution is 5.87. The third kappa shape index (κ3) is 3.67. The second kappa shape index (κ2) is 6.37. The number of nitrogens with one attached hydrogen (secondary N) is 2. The Hall–Kier alpha value is -2.24. The lowest BCUT2D eigenvalue weighted by atomic mass is 10.2. The number of carbonyl (C=O) groups excluding carboxylic acids is 2. The first-order valence-corrected chi connectivity index (χ1v) is 5.03. The zero-order valence-corrected chi connectivity index (χ0v) is 9.65. The first-order chi connectivity index (χ1) is 8.21. The van der Waals surface area contributed by atoms with E-state index in [4.69, 9.17) is 9.47 Å². The number of ether oxygens (including phenoxy) is 2. The van der Waals surface area contributed by atoms with Crippen molar-refractivity contribution in [2.45, 2.75) is 6.92 Å². The van der Waals surface area contributed by atoms with E-state index in [0.717, 1.165) is 0 Å². The number of benzene rings is 1. The number of anilines is 2. The van der Waals surface area contributed by atoms with Crippen molar-refractivity contribution in [3.8, 4) is 5.75 Å². The van der Waals surface area contributed by atoms with Crippen molar-refractivity contribution in [2.24, 2.45) is 0 Å². The van der Waals surface area contributed by atoms with E-state index in [9.17, 15) is 9.59 Å². The van der Waals surface area contributed by atoms with Gasteiger partial charge in [-0.15, -0.1) is 0 Å².